The molecule has 3 rings (SSSR count). The second-order valence-corrected chi connectivity index (χ2v) is 8.55. The highest BCUT2D eigenvalue weighted by Gasteiger charge is 2.20. The second kappa shape index (κ2) is 9.30. The monoisotopic (exact) mass is 390 g/mol. The fourth-order valence-corrected chi connectivity index (χ4v) is 4.50. The van der Waals surface area contributed by atoms with Crippen molar-refractivity contribution in [2.45, 2.75) is 26.0 Å². The SMILES string of the molecule is CCSSCc1c(C)c(OCCCO)cc[n+]1-c1nc2ccccc2[nH]1. The molecule has 2 heterocycles. The summed E-state index contributed by atoms with van der Waals surface area (Å²) in [5, 5.41) is 8.97. The van der Waals surface area contributed by atoms with Crippen molar-refractivity contribution in [1.29, 1.82) is 0 Å². The van der Waals surface area contributed by atoms with Gasteiger partial charge in [-0.2, -0.15) is 0 Å². The molecular weight excluding hydrogens is 366 g/mol. The summed E-state index contributed by atoms with van der Waals surface area (Å²) in [4.78, 5) is 8.14. The molecule has 26 heavy (non-hydrogen) atoms. The van der Waals surface area contributed by atoms with Crippen molar-refractivity contribution in [3.8, 4) is 11.7 Å². The zero-order valence-corrected chi connectivity index (χ0v) is 16.7. The number of benzene rings is 1. The summed E-state index contributed by atoms with van der Waals surface area (Å²) in [6, 6.07) is 10.0. The molecule has 0 saturated heterocycles. The Labute approximate surface area is 161 Å². The lowest BCUT2D eigenvalue weighted by Crippen LogP contribution is -2.37. The molecule has 2 aromatic heterocycles. The maximum atomic E-state index is 8.97. The molecule has 0 fully saturated rings. The number of pyridine rings is 1. The minimum atomic E-state index is 0.140. The molecule has 0 atom stereocenters. The molecule has 0 amide bonds. The number of hydrogen-bond donors (Lipinski definition) is 2. The molecule has 7 heteroatoms. The molecule has 138 valence electrons. The van der Waals surface area contributed by atoms with Gasteiger partial charge in [0.1, 0.15) is 17.0 Å². The summed E-state index contributed by atoms with van der Waals surface area (Å²) in [5.74, 6) is 3.61. The van der Waals surface area contributed by atoms with Crippen LogP contribution in [0.5, 0.6) is 5.75 Å². The Morgan fingerprint density at radius 3 is 2.85 bits per heavy atom. The minimum absolute atomic E-state index is 0.140. The van der Waals surface area contributed by atoms with Crippen LogP contribution in [0, 0.1) is 6.92 Å². The number of fused-ring (bicyclic) bond motifs is 1. The molecule has 0 aliphatic rings. The Bertz CT molecular complexity index is 834. The van der Waals surface area contributed by atoms with Gasteiger partial charge in [0.2, 0.25) is 0 Å². The largest absolute Gasteiger partial charge is 0.493 e. The standard InChI is InChI=1S/C19H24N3O2S2/c1-3-25-26-13-17-14(2)18(24-12-6-11-23)9-10-22(17)19-20-15-7-4-5-8-16(15)21-19/h4-5,7-10,23H,3,6,11-13H2,1-2H3,(H,20,21)/q+1. The first-order chi connectivity index (χ1) is 12.7. The van der Waals surface area contributed by atoms with E-state index in [2.05, 4.69) is 23.4 Å². The molecule has 0 aliphatic heterocycles. The highest BCUT2D eigenvalue weighted by atomic mass is 33.1. The summed E-state index contributed by atoms with van der Waals surface area (Å²) in [5.41, 5.74) is 4.25. The maximum absolute atomic E-state index is 8.97. The lowest BCUT2D eigenvalue weighted by atomic mass is 10.2. The van der Waals surface area contributed by atoms with E-state index in [0.29, 0.717) is 13.0 Å². The highest BCUT2D eigenvalue weighted by Crippen LogP contribution is 2.29. The van der Waals surface area contributed by atoms with Gasteiger partial charge >= 0.3 is 5.95 Å². The van der Waals surface area contributed by atoms with Crippen molar-refractivity contribution in [1.82, 2.24) is 9.97 Å². The predicted octanol–water partition coefficient (Wildman–Crippen LogP) is 3.81. The minimum Gasteiger partial charge on any atom is -0.493 e. The van der Waals surface area contributed by atoms with Gasteiger partial charge in [-0.25, -0.2) is 9.55 Å². The number of aliphatic hydroxyl groups excluding tert-OH is 1. The van der Waals surface area contributed by atoms with Crippen LogP contribution in [0.25, 0.3) is 17.0 Å². The van der Waals surface area contributed by atoms with Crippen LogP contribution in [0.3, 0.4) is 0 Å². The fraction of sp³-hybridized carbons (Fsp3) is 0.368. The Morgan fingerprint density at radius 1 is 1.23 bits per heavy atom. The van der Waals surface area contributed by atoms with E-state index in [0.717, 1.165) is 45.5 Å². The van der Waals surface area contributed by atoms with Crippen LogP contribution in [0.4, 0.5) is 0 Å². The van der Waals surface area contributed by atoms with Crippen LogP contribution < -0.4 is 9.30 Å². The number of aliphatic hydroxyl groups is 1. The molecule has 0 saturated carbocycles. The average Bonchev–Trinajstić information content (AvgIpc) is 3.08. The molecule has 0 radical (unpaired) electrons. The third kappa shape index (κ3) is 4.34. The third-order valence-corrected chi connectivity index (χ3v) is 6.38. The van der Waals surface area contributed by atoms with E-state index >= 15 is 0 Å². The summed E-state index contributed by atoms with van der Waals surface area (Å²) >= 11 is 0. The number of para-hydroxylation sites is 2. The molecule has 0 spiro atoms. The first-order valence-corrected chi connectivity index (χ1v) is 11.2. The number of nitrogens with zero attached hydrogens (tertiary/aromatic N) is 2. The molecule has 0 aliphatic carbocycles. The third-order valence-electron chi connectivity index (χ3n) is 4.03. The van der Waals surface area contributed by atoms with E-state index in [1.165, 1.54) is 0 Å². The van der Waals surface area contributed by atoms with Gasteiger partial charge in [-0.05, 0) is 19.1 Å². The number of rotatable bonds is 9. The van der Waals surface area contributed by atoms with Crippen molar-refractivity contribution < 1.29 is 14.4 Å². The number of H-pyrrole nitrogens is 1. The Morgan fingerprint density at radius 2 is 2.08 bits per heavy atom. The number of ether oxygens (including phenoxy) is 1. The van der Waals surface area contributed by atoms with E-state index in [4.69, 9.17) is 14.8 Å². The lowest BCUT2D eigenvalue weighted by Gasteiger charge is -2.14. The molecule has 1 aromatic carbocycles. The first-order valence-electron chi connectivity index (χ1n) is 8.72. The van der Waals surface area contributed by atoms with Gasteiger partial charge in [0.15, 0.2) is 5.52 Å². The normalized spacial score (nSPS) is 11.2. The van der Waals surface area contributed by atoms with Gasteiger partial charge in [0, 0.05) is 30.4 Å². The molecule has 5 nitrogen and oxygen atoms in total. The average molecular weight is 391 g/mol. The molecular formula is C19H24N3O2S2+. The van der Waals surface area contributed by atoms with Crippen molar-refractivity contribution in [2.75, 3.05) is 19.0 Å². The van der Waals surface area contributed by atoms with E-state index in [1.807, 2.05) is 58.1 Å². The summed E-state index contributed by atoms with van der Waals surface area (Å²) in [6.07, 6.45) is 2.64. The molecule has 2 N–H and O–H groups in total. The smallest absolute Gasteiger partial charge is 0.402 e. The van der Waals surface area contributed by atoms with Crippen LogP contribution in [0.2, 0.25) is 0 Å². The van der Waals surface area contributed by atoms with Crippen molar-refractivity contribution in [3.05, 3.63) is 47.8 Å². The highest BCUT2D eigenvalue weighted by molar-refractivity contribution is 8.76. The lowest BCUT2D eigenvalue weighted by molar-refractivity contribution is -0.610. The molecule has 0 unspecified atom stereocenters. The predicted molar refractivity (Wildman–Crippen MR) is 109 cm³/mol. The van der Waals surface area contributed by atoms with E-state index in [1.54, 1.807) is 0 Å². The second-order valence-electron chi connectivity index (χ2n) is 5.79. The van der Waals surface area contributed by atoms with Crippen LogP contribution >= 0.6 is 21.6 Å². The summed E-state index contributed by atoms with van der Waals surface area (Å²) in [7, 11) is 3.68. The van der Waals surface area contributed by atoms with Crippen LogP contribution in [0.15, 0.2) is 36.5 Å². The van der Waals surface area contributed by atoms with Gasteiger partial charge in [0.05, 0.1) is 18.6 Å². The van der Waals surface area contributed by atoms with E-state index in [9.17, 15) is 0 Å². The zero-order chi connectivity index (χ0) is 18.4. The Hall–Kier alpha value is -1.70. The first kappa shape index (κ1) is 19.1. The van der Waals surface area contributed by atoms with Crippen molar-refractivity contribution in [2.24, 2.45) is 0 Å². The molecule has 0 bridgehead atoms. The zero-order valence-electron chi connectivity index (χ0n) is 15.1. The van der Waals surface area contributed by atoms with Gasteiger partial charge < -0.3 is 9.84 Å². The Balaban J connectivity index is 1.97. The number of hydrogen-bond acceptors (Lipinski definition) is 5. The Kier molecular flexibility index (Phi) is 6.82. The summed E-state index contributed by atoms with van der Waals surface area (Å²) < 4.78 is 7.96. The van der Waals surface area contributed by atoms with Crippen molar-refractivity contribution >= 4 is 32.6 Å². The van der Waals surface area contributed by atoms with Gasteiger partial charge in [-0.1, -0.05) is 45.6 Å². The molecule has 3 aromatic rings. The van der Waals surface area contributed by atoms with Crippen LogP contribution in [-0.2, 0) is 5.75 Å². The maximum Gasteiger partial charge on any atom is 0.402 e. The van der Waals surface area contributed by atoms with Gasteiger partial charge in [-0.15, -0.1) is 0 Å². The number of aromatic nitrogens is 3. The quantitative estimate of drug-likeness (QED) is 0.330. The fourth-order valence-electron chi connectivity index (χ4n) is 2.69. The van der Waals surface area contributed by atoms with Crippen molar-refractivity contribution in [3.63, 3.8) is 0 Å². The van der Waals surface area contributed by atoms with Crippen LogP contribution in [-0.4, -0.2) is 34.0 Å². The van der Waals surface area contributed by atoms with Crippen LogP contribution in [0.1, 0.15) is 24.6 Å². The van der Waals surface area contributed by atoms with E-state index in [-0.39, 0.29) is 6.61 Å². The van der Waals surface area contributed by atoms with Gasteiger partial charge in [-0.3, -0.25) is 0 Å². The van der Waals surface area contributed by atoms with E-state index < -0.39 is 0 Å². The summed E-state index contributed by atoms with van der Waals surface area (Å²) in [6.45, 7) is 4.90. The topological polar surface area (TPSA) is 62.0 Å². The van der Waals surface area contributed by atoms with Gasteiger partial charge in [0.25, 0.3) is 0 Å². The number of imidazole rings is 1. The number of aromatic amines is 1. The number of nitrogens with one attached hydrogen (secondary N) is 1.